The molecule has 0 amide bonds. The molecule has 25 heteroatoms. The van der Waals surface area contributed by atoms with Gasteiger partial charge in [-0.15, -0.1) is 0 Å². The average Bonchev–Trinajstić information content (AvgIpc) is 4.13. The van der Waals surface area contributed by atoms with E-state index in [0.717, 1.165) is 32.1 Å². The Morgan fingerprint density at radius 3 is 1.71 bits per heavy atom. The van der Waals surface area contributed by atoms with Crippen molar-refractivity contribution in [3.8, 4) is 0 Å². The van der Waals surface area contributed by atoms with Gasteiger partial charge in [0.25, 0.3) is 0 Å². The summed E-state index contributed by atoms with van der Waals surface area (Å²) in [6.45, 7) is 6.18. The number of aliphatic hydroxyl groups excluding tert-OH is 15. The summed E-state index contributed by atoms with van der Waals surface area (Å²) < 4.78 is 60.0. The first-order valence-electron chi connectivity index (χ1n) is 27.9. The molecule has 0 aromatic rings. The summed E-state index contributed by atoms with van der Waals surface area (Å²) in [4.78, 5) is 0. The SMILES string of the molecule is CO[C@]1(CC[C@@H](C)CO[C@@H]2O[C@H](CO)[C@@H](O)[C@H](O)[C@H]2O)O[C@H]2C[C@H]3[C@@H]4CC[C@H]5C[C@@H](O[C@@H]6O[C@H](CO)[C@H](O[C@@H]7O[C@H](CO)[C@@H](O)[C@H](O)[C@H]7O[C@@H]7O[C@H](CO)[C@@H](O)[C@H](O)[C@H]7O)[C@H](O)[C@H]6O)[C@H](O)C[C@]5(C)[C@H]4CC[C@]3(C)[C@H]2[C@@H]1C. The van der Waals surface area contributed by atoms with Crippen LogP contribution in [-0.2, 0) is 47.4 Å². The van der Waals surface area contributed by atoms with Crippen LogP contribution in [0.4, 0.5) is 0 Å². The van der Waals surface area contributed by atoms with E-state index in [0.29, 0.717) is 43.4 Å². The van der Waals surface area contributed by atoms with Crippen LogP contribution in [-0.4, -0.2) is 264 Å². The van der Waals surface area contributed by atoms with Gasteiger partial charge in [-0.05, 0) is 97.7 Å². The molecule has 5 heterocycles. The molecule has 15 N–H and O–H groups in total. The Kier molecular flexibility index (Phi) is 18.8. The van der Waals surface area contributed by atoms with Gasteiger partial charge < -0.3 is 124 Å². The van der Waals surface area contributed by atoms with Crippen LogP contribution in [0.25, 0.3) is 0 Å². The van der Waals surface area contributed by atoms with E-state index < -0.39 is 167 Å². The molecule has 0 bridgehead atoms. The van der Waals surface area contributed by atoms with Crippen LogP contribution < -0.4 is 0 Å². The first-order chi connectivity index (χ1) is 36.5. The third-order valence-electron chi connectivity index (χ3n) is 20.4. The molecule has 33 atom stereocenters. The largest absolute Gasteiger partial charge is 0.394 e. The number of rotatable bonds is 17. The molecule has 9 fully saturated rings. The summed E-state index contributed by atoms with van der Waals surface area (Å²) >= 11 is 0. The van der Waals surface area contributed by atoms with Crippen LogP contribution in [0.5, 0.6) is 0 Å². The van der Waals surface area contributed by atoms with Crippen molar-refractivity contribution in [2.24, 2.45) is 52.3 Å². The fourth-order valence-electron chi connectivity index (χ4n) is 16.0. The minimum atomic E-state index is -1.93. The molecule has 9 rings (SSSR count). The second-order valence-corrected chi connectivity index (χ2v) is 24.6. The minimum Gasteiger partial charge on any atom is -0.394 e. The van der Waals surface area contributed by atoms with E-state index >= 15 is 0 Å². The topological polar surface area (TPSA) is 396 Å². The summed E-state index contributed by atoms with van der Waals surface area (Å²) in [5.41, 5.74) is -0.261. The third kappa shape index (κ3) is 10.8. The number of aliphatic hydroxyl groups is 15. The Labute approximate surface area is 447 Å². The second-order valence-electron chi connectivity index (χ2n) is 24.6. The van der Waals surface area contributed by atoms with Crippen molar-refractivity contribution < 1.29 is 124 Å². The zero-order valence-electron chi connectivity index (χ0n) is 44.5. The van der Waals surface area contributed by atoms with E-state index in [2.05, 4.69) is 20.8 Å². The van der Waals surface area contributed by atoms with Crippen molar-refractivity contribution in [3.63, 3.8) is 0 Å². The van der Waals surface area contributed by atoms with Gasteiger partial charge in [-0.2, -0.15) is 0 Å². The molecule has 9 aliphatic rings. The highest BCUT2D eigenvalue weighted by atomic mass is 16.8. The zero-order chi connectivity index (χ0) is 55.8. The molecule has 0 spiro atoms. The van der Waals surface area contributed by atoms with Crippen LogP contribution in [0.15, 0.2) is 0 Å². The van der Waals surface area contributed by atoms with Crippen LogP contribution >= 0.6 is 0 Å². The minimum absolute atomic E-state index is 0.0110. The first kappa shape index (κ1) is 60.6. The summed E-state index contributed by atoms with van der Waals surface area (Å²) in [6, 6.07) is 0. The maximum absolute atomic E-state index is 12.0. The Balaban J connectivity index is 0.804. The van der Waals surface area contributed by atoms with E-state index in [-0.39, 0.29) is 47.2 Å². The Morgan fingerprint density at radius 2 is 1.09 bits per heavy atom. The van der Waals surface area contributed by atoms with E-state index in [9.17, 15) is 76.6 Å². The van der Waals surface area contributed by atoms with Gasteiger partial charge in [0, 0.05) is 19.4 Å². The van der Waals surface area contributed by atoms with Crippen LogP contribution in [0, 0.1) is 52.3 Å². The smallest absolute Gasteiger partial charge is 0.187 e. The monoisotopic (exact) mass is 1110 g/mol. The molecule has 4 aliphatic carbocycles. The van der Waals surface area contributed by atoms with Gasteiger partial charge in [0.1, 0.15) is 97.7 Å². The molecule has 25 nitrogen and oxygen atoms in total. The normalized spacial score (nSPS) is 55.2. The van der Waals surface area contributed by atoms with E-state index in [1.807, 2.05) is 6.92 Å². The first-order valence-corrected chi connectivity index (χ1v) is 27.9. The molecule has 5 saturated heterocycles. The number of fused-ring (bicyclic) bond motifs is 7. The van der Waals surface area contributed by atoms with Gasteiger partial charge in [-0.25, -0.2) is 0 Å². The molecule has 5 aliphatic heterocycles. The molecule has 4 saturated carbocycles. The van der Waals surface area contributed by atoms with Gasteiger partial charge in [-0.1, -0.05) is 27.7 Å². The molecule has 0 aromatic carbocycles. The van der Waals surface area contributed by atoms with Gasteiger partial charge in [0.05, 0.1) is 51.3 Å². The highest BCUT2D eigenvalue weighted by molar-refractivity contribution is 5.16. The van der Waals surface area contributed by atoms with Gasteiger partial charge in [0.2, 0.25) is 0 Å². The lowest BCUT2D eigenvalue weighted by molar-refractivity contribution is -0.391. The fraction of sp³-hybridized carbons (Fsp3) is 1.00. The lowest BCUT2D eigenvalue weighted by Gasteiger charge is -2.62. The highest BCUT2D eigenvalue weighted by Crippen LogP contribution is 2.71. The van der Waals surface area contributed by atoms with Crippen molar-refractivity contribution in [1.29, 1.82) is 0 Å². The number of hydrogen-bond donors (Lipinski definition) is 15. The maximum Gasteiger partial charge on any atom is 0.187 e. The maximum atomic E-state index is 12.0. The zero-order valence-corrected chi connectivity index (χ0v) is 44.5. The van der Waals surface area contributed by atoms with Crippen molar-refractivity contribution in [3.05, 3.63) is 0 Å². The average molecular weight is 1110 g/mol. The summed E-state index contributed by atoms with van der Waals surface area (Å²) in [5.74, 6) is 0.730. The molecular formula is C52H88O25. The summed E-state index contributed by atoms with van der Waals surface area (Å²) in [7, 11) is 1.70. The predicted octanol–water partition coefficient (Wildman–Crippen LogP) is -4.33. The standard InChI is InChI=1S/C52H88O25/c1-20(19-69-46-41(65)37(61)34(58)29(15-53)71-46)8-11-52(68-5)21(2)33-28(77-52)13-25-23-7-6-22-12-27(26(57)14-51(22,4)24(23)9-10-50(25,33)3)70-47-43(67)40(64)44(32(18-56)74-47)75-49-45(39(63)36(60)31(17-55)73-49)76-48-42(66)38(62)35(59)30(16-54)72-48/h20-49,53-67H,6-19H2,1-5H3/t20-,21+,22+,23-,24+,25+,26-,27-,28+,29-,30-,31-,32-,33+,34-,35-,36-,37+,38+,39+,40-,41-,42-,43-,44+,45-,46-,47-,48+,49+,50+,51+,52-/m1/s1. The molecule has 0 aromatic heterocycles. The number of hydrogen-bond acceptors (Lipinski definition) is 25. The molecule has 77 heavy (non-hydrogen) atoms. The van der Waals surface area contributed by atoms with Gasteiger partial charge >= 0.3 is 0 Å². The Morgan fingerprint density at radius 1 is 0.558 bits per heavy atom. The van der Waals surface area contributed by atoms with Gasteiger partial charge in [0.15, 0.2) is 30.9 Å². The lowest BCUT2D eigenvalue weighted by atomic mass is 9.44. The molecular weight excluding hydrogens is 1020 g/mol. The second kappa shape index (κ2) is 23.9. The van der Waals surface area contributed by atoms with E-state index in [1.54, 1.807) is 7.11 Å². The van der Waals surface area contributed by atoms with Gasteiger partial charge in [-0.3, -0.25) is 0 Å². The van der Waals surface area contributed by atoms with Crippen LogP contribution in [0.3, 0.4) is 0 Å². The lowest BCUT2D eigenvalue weighted by Crippen LogP contribution is -2.67. The Bertz CT molecular complexity index is 1920. The molecule has 0 radical (unpaired) electrons. The Hall–Kier alpha value is -1.00. The number of ether oxygens (including phenoxy) is 10. The van der Waals surface area contributed by atoms with Crippen molar-refractivity contribution >= 4 is 0 Å². The van der Waals surface area contributed by atoms with Crippen molar-refractivity contribution in [2.75, 3.05) is 40.1 Å². The fourth-order valence-corrected chi connectivity index (χ4v) is 16.0. The van der Waals surface area contributed by atoms with E-state index in [4.69, 9.17) is 47.4 Å². The van der Waals surface area contributed by atoms with Crippen molar-refractivity contribution in [1.82, 2.24) is 0 Å². The molecule has 446 valence electrons. The predicted molar refractivity (Wildman–Crippen MR) is 258 cm³/mol. The van der Waals surface area contributed by atoms with Crippen molar-refractivity contribution in [2.45, 2.75) is 232 Å². The van der Waals surface area contributed by atoms with Crippen LogP contribution in [0.2, 0.25) is 0 Å². The van der Waals surface area contributed by atoms with Crippen LogP contribution in [0.1, 0.15) is 85.5 Å². The molecule has 0 unspecified atom stereocenters. The summed E-state index contributed by atoms with van der Waals surface area (Å²) in [5, 5.41) is 159. The summed E-state index contributed by atoms with van der Waals surface area (Å²) in [6.07, 6.45) is -27.6. The highest BCUT2D eigenvalue weighted by Gasteiger charge is 2.69. The quantitative estimate of drug-likeness (QED) is 0.0612. The number of methoxy groups -OCH3 is 1. The third-order valence-corrected chi connectivity index (χ3v) is 20.4. The van der Waals surface area contributed by atoms with E-state index in [1.165, 1.54) is 0 Å².